The van der Waals surface area contributed by atoms with Gasteiger partial charge in [-0.1, -0.05) is 0 Å². The lowest BCUT2D eigenvalue weighted by molar-refractivity contribution is 0.0349. The third-order valence-electron chi connectivity index (χ3n) is 3.01. The molecule has 1 aliphatic carbocycles. The highest BCUT2D eigenvalue weighted by Gasteiger charge is 2.42. The van der Waals surface area contributed by atoms with E-state index in [0.717, 1.165) is 12.1 Å². The molecule has 1 aromatic rings. The third kappa shape index (κ3) is 1.80. The van der Waals surface area contributed by atoms with E-state index in [4.69, 9.17) is 5.73 Å². The van der Waals surface area contributed by atoms with Crippen LogP contribution in [0.5, 0.6) is 0 Å². The summed E-state index contributed by atoms with van der Waals surface area (Å²) in [5.41, 5.74) is 5.65. The number of aromatic nitrogens is 2. The number of aryl methyl sites for hydroxylation is 2. The first kappa shape index (κ1) is 9.65. The van der Waals surface area contributed by atoms with Gasteiger partial charge in [0.1, 0.15) is 5.67 Å². The summed E-state index contributed by atoms with van der Waals surface area (Å²) in [6.07, 6.45) is 4.10. The van der Waals surface area contributed by atoms with E-state index in [2.05, 4.69) is 5.10 Å². The number of nitrogens with two attached hydrogens (primary N) is 1. The van der Waals surface area contributed by atoms with Crippen molar-refractivity contribution in [2.75, 3.05) is 0 Å². The molecule has 0 bridgehead atoms. The fraction of sp³-hybridized carbons (Fsp3) is 0.700. The lowest BCUT2D eigenvalue weighted by Crippen LogP contribution is -2.48. The number of nitrogens with zero attached hydrogens (tertiary/aromatic N) is 2. The zero-order valence-electron chi connectivity index (χ0n) is 8.41. The largest absolute Gasteiger partial charge is 0.327 e. The molecule has 0 atom stereocenters. The molecular weight excluding hydrogens is 181 g/mol. The monoisotopic (exact) mass is 197 g/mol. The topological polar surface area (TPSA) is 43.8 Å². The summed E-state index contributed by atoms with van der Waals surface area (Å²) >= 11 is 0. The van der Waals surface area contributed by atoms with Crippen LogP contribution >= 0.6 is 0 Å². The number of alkyl halides is 1. The van der Waals surface area contributed by atoms with Crippen LogP contribution in [0.4, 0.5) is 4.39 Å². The van der Waals surface area contributed by atoms with E-state index in [1.807, 2.05) is 13.1 Å². The molecule has 1 fully saturated rings. The van der Waals surface area contributed by atoms with E-state index < -0.39 is 5.67 Å². The Balaban J connectivity index is 1.86. The van der Waals surface area contributed by atoms with Crippen LogP contribution in [0.2, 0.25) is 0 Å². The van der Waals surface area contributed by atoms with E-state index in [0.29, 0.717) is 19.3 Å². The molecule has 0 amide bonds. The first-order chi connectivity index (χ1) is 6.59. The molecule has 1 saturated carbocycles. The van der Waals surface area contributed by atoms with Crippen molar-refractivity contribution < 1.29 is 4.39 Å². The molecular formula is C10H16FN3. The summed E-state index contributed by atoms with van der Waals surface area (Å²) in [7, 11) is 1.88. The van der Waals surface area contributed by atoms with Gasteiger partial charge in [0.05, 0.1) is 0 Å². The van der Waals surface area contributed by atoms with Crippen LogP contribution in [0, 0.1) is 0 Å². The van der Waals surface area contributed by atoms with Crippen molar-refractivity contribution in [3.8, 4) is 0 Å². The quantitative estimate of drug-likeness (QED) is 0.790. The Morgan fingerprint density at radius 3 is 2.93 bits per heavy atom. The van der Waals surface area contributed by atoms with Gasteiger partial charge in [-0.3, -0.25) is 4.68 Å². The number of hydrogen-bond acceptors (Lipinski definition) is 2. The summed E-state index contributed by atoms with van der Waals surface area (Å²) in [5.74, 6) is 0. The molecule has 0 aromatic carbocycles. The van der Waals surface area contributed by atoms with E-state index in [9.17, 15) is 4.39 Å². The standard InChI is InChI=1S/C10H16FN3/c1-14-9(3-5-13-14)2-4-10(11)6-8(12)7-10/h3,5,8H,2,4,6-7,12H2,1H3. The van der Waals surface area contributed by atoms with Crippen molar-refractivity contribution in [1.29, 1.82) is 0 Å². The first-order valence-corrected chi connectivity index (χ1v) is 5.00. The van der Waals surface area contributed by atoms with Crippen LogP contribution < -0.4 is 5.73 Å². The highest BCUT2D eigenvalue weighted by molar-refractivity contribution is 5.04. The smallest absolute Gasteiger partial charge is 0.114 e. The van der Waals surface area contributed by atoms with Gasteiger partial charge >= 0.3 is 0 Å². The predicted octanol–water partition coefficient (Wildman–Crippen LogP) is 1.18. The average Bonchev–Trinajstić information content (AvgIpc) is 2.45. The molecule has 2 N–H and O–H groups in total. The van der Waals surface area contributed by atoms with Crippen LogP contribution in [0.25, 0.3) is 0 Å². The fourth-order valence-corrected chi connectivity index (χ4v) is 2.08. The van der Waals surface area contributed by atoms with E-state index in [1.165, 1.54) is 0 Å². The molecule has 14 heavy (non-hydrogen) atoms. The van der Waals surface area contributed by atoms with Crippen LogP contribution in [0.15, 0.2) is 12.3 Å². The Kier molecular flexibility index (Phi) is 2.31. The lowest BCUT2D eigenvalue weighted by Gasteiger charge is -2.39. The summed E-state index contributed by atoms with van der Waals surface area (Å²) in [4.78, 5) is 0. The van der Waals surface area contributed by atoms with E-state index >= 15 is 0 Å². The predicted molar refractivity (Wildman–Crippen MR) is 52.6 cm³/mol. The van der Waals surface area contributed by atoms with Crippen molar-refractivity contribution in [2.24, 2.45) is 12.8 Å². The maximum Gasteiger partial charge on any atom is 0.114 e. The molecule has 1 aromatic heterocycles. The number of rotatable bonds is 3. The summed E-state index contributed by atoms with van der Waals surface area (Å²) < 4.78 is 15.6. The third-order valence-corrected chi connectivity index (χ3v) is 3.01. The molecule has 4 heteroatoms. The Morgan fingerprint density at radius 2 is 2.43 bits per heavy atom. The van der Waals surface area contributed by atoms with E-state index in [1.54, 1.807) is 10.9 Å². The van der Waals surface area contributed by atoms with Crippen LogP contribution in [-0.4, -0.2) is 21.5 Å². The number of hydrogen-bond donors (Lipinski definition) is 1. The van der Waals surface area contributed by atoms with Gasteiger partial charge in [0.15, 0.2) is 0 Å². The minimum Gasteiger partial charge on any atom is -0.327 e. The normalized spacial score (nSPS) is 31.5. The molecule has 78 valence electrons. The Bertz CT molecular complexity index is 315. The molecule has 1 heterocycles. The van der Waals surface area contributed by atoms with Crippen molar-refractivity contribution in [2.45, 2.75) is 37.4 Å². The van der Waals surface area contributed by atoms with Gasteiger partial charge in [-0.15, -0.1) is 0 Å². The van der Waals surface area contributed by atoms with Gasteiger partial charge in [0.2, 0.25) is 0 Å². The second-order valence-electron chi connectivity index (χ2n) is 4.27. The molecule has 0 saturated heterocycles. The molecule has 0 spiro atoms. The maximum atomic E-state index is 13.8. The van der Waals surface area contributed by atoms with Gasteiger partial charge in [-0.25, -0.2) is 4.39 Å². The fourth-order valence-electron chi connectivity index (χ4n) is 2.08. The Morgan fingerprint density at radius 1 is 1.71 bits per heavy atom. The highest BCUT2D eigenvalue weighted by Crippen LogP contribution is 2.38. The molecule has 1 aliphatic rings. The summed E-state index contributed by atoms with van der Waals surface area (Å²) in [6, 6.07) is 2.01. The van der Waals surface area contributed by atoms with Crippen molar-refractivity contribution in [1.82, 2.24) is 9.78 Å². The van der Waals surface area contributed by atoms with Crippen LogP contribution in [-0.2, 0) is 13.5 Å². The lowest BCUT2D eigenvalue weighted by atomic mass is 9.75. The second-order valence-corrected chi connectivity index (χ2v) is 4.27. The molecule has 0 aliphatic heterocycles. The minimum atomic E-state index is -1.01. The average molecular weight is 197 g/mol. The van der Waals surface area contributed by atoms with Gasteiger partial charge in [0, 0.05) is 25.0 Å². The van der Waals surface area contributed by atoms with E-state index in [-0.39, 0.29) is 6.04 Å². The second kappa shape index (κ2) is 3.35. The summed E-state index contributed by atoms with van der Waals surface area (Å²) in [5, 5.41) is 4.05. The van der Waals surface area contributed by atoms with Gasteiger partial charge in [0.25, 0.3) is 0 Å². The van der Waals surface area contributed by atoms with Gasteiger partial charge < -0.3 is 5.73 Å². The Hall–Kier alpha value is -0.900. The SMILES string of the molecule is Cn1nccc1CCC1(F)CC(N)C1. The summed E-state index contributed by atoms with van der Waals surface area (Å²) in [6.45, 7) is 0. The molecule has 0 unspecified atom stereocenters. The number of halogens is 1. The van der Waals surface area contributed by atoms with Crippen molar-refractivity contribution >= 4 is 0 Å². The first-order valence-electron chi connectivity index (χ1n) is 5.00. The molecule has 0 radical (unpaired) electrons. The van der Waals surface area contributed by atoms with Crippen LogP contribution in [0.3, 0.4) is 0 Å². The molecule has 2 rings (SSSR count). The highest BCUT2D eigenvalue weighted by atomic mass is 19.1. The minimum absolute atomic E-state index is 0.0755. The van der Waals surface area contributed by atoms with Gasteiger partial charge in [-0.05, 0) is 31.7 Å². The van der Waals surface area contributed by atoms with Gasteiger partial charge in [-0.2, -0.15) is 5.10 Å². The molecule has 3 nitrogen and oxygen atoms in total. The zero-order chi connectivity index (χ0) is 10.2. The van der Waals surface area contributed by atoms with Crippen LogP contribution in [0.1, 0.15) is 25.0 Å². The maximum absolute atomic E-state index is 13.8. The van der Waals surface area contributed by atoms with Crippen molar-refractivity contribution in [3.63, 3.8) is 0 Å². The van der Waals surface area contributed by atoms with Crippen molar-refractivity contribution in [3.05, 3.63) is 18.0 Å². The zero-order valence-corrected chi connectivity index (χ0v) is 8.41. The Labute approximate surface area is 83.1 Å².